The predicted molar refractivity (Wildman–Crippen MR) is 64.7 cm³/mol. The van der Waals surface area contributed by atoms with Gasteiger partial charge in [0.25, 0.3) is 0 Å². The summed E-state index contributed by atoms with van der Waals surface area (Å²) in [6, 6.07) is 4.55. The van der Waals surface area contributed by atoms with Crippen LogP contribution in [0.15, 0.2) is 18.2 Å². The Kier molecular flexibility index (Phi) is 3.71. The van der Waals surface area contributed by atoms with Gasteiger partial charge in [-0.1, -0.05) is 17.7 Å². The Bertz CT molecular complexity index is 379. The van der Waals surface area contributed by atoms with Crippen LogP contribution in [0.1, 0.15) is 24.8 Å². The highest BCUT2D eigenvalue weighted by atomic mass is 35.5. The van der Waals surface area contributed by atoms with E-state index in [1.54, 1.807) is 19.2 Å². The first kappa shape index (κ1) is 12.8. The van der Waals surface area contributed by atoms with Crippen LogP contribution in [0.3, 0.4) is 0 Å². The fraction of sp³-hybridized carbons (Fsp3) is 0.538. The average Bonchev–Trinajstić information content (AvgIpc) is 2.23. The lowest BCUT2D eigenvalue weighted by molar-refractivity contribution is -0.148. The molecule has 1 aromatic carbocycles. The van der Waals surface area contributed by atoms with Crippen LogP contribution in [-0.4, -0.2) is 23.9 Å². The van der Waals surface area contributed by atoms with Gasteiger partial charge in [-0.05, 0) is 31.4 Å². The number of rotatable bonds is 4. The molecule has 2 nitrogen and oxygen atoms in total. The monoisotopic (exact) mass is 258 g/mol. The fourth-order valence-corrected chi connectivity index (χ4v) is 2.55. The van der Waals surface area contributed by atoms with Gasteiger partial charge in [0.05, 0.1) is 11.7 Å². The van der Waals surface area contributed by atoms with Crippen LogP contribution < -0.4 is 0 Å². The van der Waals surface area contributed by atoms with Gasteiger partial charge < -0.3 is 9.84 Å². The lowest BCUT2D eigenvalue weighted by Crippen LogP contribution is -2.51. The number of methoxy groups -OCH3 is 1. The van der Waals surface area contributed by atoms with E-state index >= 15 is 0 Å². The van der Waals surface area contributed by atoms with Crippen LogP contribution >= 0.6 is 11.6 Å². The van der Waals surface area contributed by atoms with E-state index in [4.69, 9.17) is 16.3 Å². The normalized spacial score (nSPS) is 19.8. The zero-order valence-corrected chi connectivity index (χ0v) is 10.5. The zero-order valence-electron chi connectivity index (χ0n) is 9.75. The fourth-order valence-electron chi connectivity index (χ4n) is 2.31. The van der Waals surface area contributed by atoms with Crippen LogP contribution in [0.5, 0.6) is 0 Å². The largest absolute Gasteiger partial charge is 0.390 e. The minimum Gasteiger partial charge on any atom is -0.390 e. The zero-order chi connectivity index (χ0) is 12.5. The molecule has 1 unspecified atom stereocenters. The van der Waals surface area contributed by atoms with Crippen LogP contribution in [0.4, 0.5) is 4.39 Å². The number of ether oxygens (including phenoxy) is 1. The highest BCUT2D eigenvalue weighted by Crippen LogP contribution is 2.39. The first-order valence-corrected chi connectivity index (χ1v) is 6.13. The molecule has 0 aromatic heterocycles. The maximum Gasteiger partial charge on any atom is 0.127 e. The Morgan fingerprint density at radius 3 is 2.71 bits per heavy atom. The number of benzene rings is 1. The molecule has 2 rings (SSSR count). The van der Waals surface area contributed by atoms with Gasteiger partial charge in [-0.3, -0.25) is 0 Å². The molecule has 0 bridgehead atoms. The third-order valence-electron chi connectivity index (χ3n) is 3.67. The summed E-state index contributed by atoms with van der Waals surface area (Å²) >= 11 is 5.94. The second-order valence-electron chi connectivity index (χ2n) is 4.54. The van der Waals surface area contributed by atoms with Crippen LogP contribution in [0.2, 0.25) is 5.02 Å². The number of aliphatic hydroxyl groups is 1. The molecular weight excluding hydrogens is 243 g/mol. The van der Waals surface area contributed by atoms with Crippen molar-refractivity contribution in [2.45, 2.75) is 37.4 Å². The van der Waals surface area contributed by atoms with E-state index in [-0.39, 0.29) is 12.2 Å². The van der Waals surface area contributed by atoms with Crippen molar-refractivity contribution in [3.63, 3.8) is 0 Å². The molecule has 1 fully saturated rings. The first-order chi connectivity index (χ1) is 8.09. The summed E-state index contributed by atoms with van der Waals surface area (Å²) in [5, 5.41) is 10.5. The average molecular weight is 259 g/mol. The van der Waals surface area contributed by atoms with Gasteiger partial charge in [0.15, 0.2) is 0 Å². The molecule has 0 saturated heterocycles. The molecule has 94 valence electrons. The Balaban J connectivity index is 2.15. The SMILES string of the molecule is COC1(C(O)Cc2c(F)cccc2Cl)CCC1. The van der Waals surface area contributed by atoms with Crippen molar-refractivity contribution in [3.05, 3.63) is 34.6 Å². The number of hydrogen-bond donors (Lipinski definition) is 1. The predicted octanol–water partition coefficient (Wildman–Crippen LogP) is 2.95. The molecule has 1 N–H and O–H groups in total. The molecule has 0 amide bonds. The molecule has 0 radical (unpaired) electrons. The quantitative estimate of drug-likeness (QED) is 0.900. The molecule has 0 spiro atoms. The molecule has 1 saturated carbocycles. The molecule has 17 heavy (non-hydrogen) atoms. The van der Waals surface area contributed by atoms with Crippen molar-refractivity contribution in [1.82, 2.24) is 0 Å². The molecule has 1 aliphatic carbocycles. The van der Waals surface area contributed by atoms with Gasteiger partial charge in [-0.25, -0.2) is 4.39 Å². The molecule has 1 atom stereocenters. The maximum absolute atomic E-state index is 13.6. The van der Waals surface area contributed by atoms with Gasteiger partial charge in [-0.2, -0.15) is 0 Å². The van der Waals surface area contributed by atoms with Crippen molar-refractivity contribution >= 4 is 11.6 Å². The van der Waals surface area contributed by atoms with Crippen molar-refractivity contribution < 1.29 is 14.2 Å². The van der Waals surface area contributed by atoms with Crippen LogP contribution in [0, 0.1) is 5.82 Å². The molecule has 1 aliphatic rings. The highest BCUT2D eigenvalue weighted by Gasteiger charge is 2.44. The van der Waals surface area contributed by atoms with Crippen molar-refractivity contribution in [2.24, 2.45) is 0 Å². The van der Waals surface area contributed by atoms with Crippen molar-refractivity contribution in [3.8, 4) is 0 Å². The number of hydrogen-bond acceptors (Lipinski definition) is 2. The topological polar surface area (TPSA) is 29.5 Å². The minimum absolute atomic E-state index is 0.194. The number of halogens is 2. The summed E-state index contributed by atoms with van der Waals surface area (Å²) in [6.45, 7) is 0. The van der Waals surface area contributed by atoms with Gasteiger partial charge >= 0.3 is 0 Å². The third kappa shape index (κ3) is 2.32. The van der Waals surface area contributed by atoms with Crippen molar-refractivity contribution in [1.29, 1.82) is 0 Å². The Morgan fingerprint density at radius 2 is 2.24 bits per heavy atom. The Labute approximate surface area is 105 Å². The molecule has 0 heterocycles. The summed E-state index contributed by atoms with van der Waals surface area (Å²) in [6.07, 6.45) is 2.15. The smallest absolute Gasteiger partial charge is 0.127 e. The second-order valence-corrected chi connectivity index (χ2v) is 4.95. The van der Waals surface area contributed by atoms with Crippen LogP contribution in [0.25, 0.3) is 0 Å². The van der Waals surface area contributed by atoms with E-state index in [0.29, 0.717) is 10.6 Å². The van der Waals surface area contributed by atoms with E-state index in [1.165, 1.54) is 6.07 Å². The van der Waals surface area contributed by atoms with E-state index in [1.807, 2.05) is 0 Å². The summed E-state index contributed by atoms with van der Waals surface area (Å²) in [4.78, 5) is 0. The van der Waals surface area contributed by atoms with E-state index in [9.17, 15) is 9.50 Å². The standard InChI is InChI=1S/C13H16ClFO2/c1-17-13(6-3-7-13)12(16)8-9-10(14)4-2-5-11(9)15/h2,4-5,12,16H,3,6-8H2,1H3. The maximum atomic E-state index is 13.6. The first-order valence-electron chi connectivity index (χ1n) is 5.75. The van der Waals surface area contributed by atoms with Gasteiger partial charge in [0.1, 0.15) is 5.82 Å². The Morgan fingerprint density at radius 1 is 1.53 bits per heavy atom. The summed E-state index contributed by atoms with van der Waals surface area (Å²) in [5.74, 6) is -0.373. The van der Waals surface area contributed by atoms with Gasteiger partial charge in [0, 0.05) is 24.1 Å². The van der Waals surface area contributed by atoms with Gasteiger partial charge in [0.2, 0.25) is 0 Å². The van der Waals surface area contributed by atoms with Crippen molar-refractivity contribution in [2.75, 3.05) is 7.11 Å². The van der Waals surface area contributed by atoms with E-state index in [2.05, 4.69) is 0 Å². The number of aliphatic hydroxyl groups excluding tert-OH is 1. The third-order valence-corrected chi connectivity index (χ3v) is 4.03. The second kappa shape index (κ2) is 4.92. The minimum atomic E-state index is -0.712. The summed E-state index contributed by atoms with van der Waals surface area (Å²) in [7, 11) is 1.59. The summed E-state index contributed by atoms with van der Waals surface area (Å²) in [5.41, 5.74) is -0.143. The van der Waals surface area contributed by atoms with E-state index < -0.39 is 11.7 Å². The molecule has 0 aliphatic heterocycles. The van der Waals surface area contributed by atoms with E-state index in [0.717, 1.165) is 19.3 Å². The Hall–Kier alpha value is -0.640. The molecule has 1 aromatic rings. The van der Waals surface area contributed by atoms with Crippen LogP contribution in [-0.2, 0) is 11.2 Å². The summed E-state index contributed by atoms with van der Waals surface area (Å²) < 4.78 is 19.0. The molecule has 4 heteroatoms. The van der Waals surface area contributed by atoms with Gasteiger partial charge in [-0.15, -0.1) is 0 Å². The lowest BCUT2D eigenvalue weighted by atomic mass is 9.74. The molecular formula is C13H16ClFO2. The highest BCUT2D eigenvalue weighted by molar-refractivity contribution is 6.31. The lowest BCUT2D eigenvalue weighted by Gasteiger charge is -2.44.